The minimum absolute atomic E-state index is 0.356. The number of furan rings is 1. The Labute approximate surface area is 174 Å². The summed E-state index contributed by atoms with van der Waals surface area (Å²) in [6.45, 7) is 0. The van der Waals surface area contributed by atoms with Crippen LogP contribution in [-0.4, -0.2) is 19.2 Å². The van der Waals surface area contributed by atoms with Gasteiger partial charge in [0.2, 0.25) is 0 Å². The zero-order valence-corrected chi connectivity index (χ0v) is 17.1. The summed E-state index contributed by atoms with van der Waals surface area (Å²) in [5.41, 5.74) is 3.47. The Morgan fingerprint density at radius 1 is 1.22 bits per heavy atom. The van der Waals surface area contributed by atoms with Gasteiger partial charge in [0.15, 0.2) is 0 Å². The minimum atomic E-state index is -0.408. The number of hydrazone groups is 1. The van der Waals surface area contributed by atoms with E-state index in [1.165, 1.54) is 13.3 Å². The number of carbonyl (C=O) groups excluding carboxylic acids is 1. The number of amides is 1. The monoisotopic (exact) mass is 466 g/mol. The summed E-state index contributed by atoms with van der Waals surface area (Å²) in [4.78, 5) is 12.3. The molecule has 0 aliphatic rings. The highest BCUT2D eigenvalue weighted by Crippen LogP contribution is 2.34. The maximum atomic E-state index is 12.3. The van der Waals surface area contributed by atoms with Gasteiger partial charge in [-0.2, -0.15) is 5.10 Å². The number of nitrogens with one attached hydrogen (secondary N) is 1. The van der Waals surface area contributed by atoms with Gasteiger partial charge in [0.05, 0.1) is 28.9 Å². The second-order valence-electron chi connectivity index (χ2n) is 5.35. The van der Waals surface area contributed by atoms with E-state index in [1.54, 1.807) is 48.5 Å². The second kappa shape index (κ2) is 8.61. The van der Waals surface area contributed by atoms with E-state index >= 15 is 0 Å². The third kappa shape index (κ3) is 4.53. The summed E-state index contributed by atoms with van der Waals surface area (Å²) in [7, 11) is 1.49. The molecule has 3 aromatic rings. The van der Waals surface area contributed by atoms with Crippen molar-refractivity contribution in [3.05, 3.63) is 74.4 Å². The molecule has 138 valence electrons. The van der Waals surface area contributed by atoms with Crippen molar-refractivity contribution in [2.45, 2.75) is 0 Å². The average Bonchev–Trinajstić information content (AvgIpc) is 3.12. The molecular weight excluding hydrogens is 455 g/mol. The van der Waals surface area contributed by atoms with Gasteiger partial charge in [0, 0.05) is 10.0 Å². The first kappa shape index (κ1) is 19.5. The van der Waals surface area contributed by atoms with Crippen LogP contribution in [-0.2, 0) is 0 Å². The van der Waals surface area contributed by atoms with Crippen LogP contribution in [0.4, 0.5) is 0 Å². The lowest BCUT2D eigenvalue weighted by Gasteiger charge is -2.07. The molecule has 27 heavy (non-hydrogen) atoms. The average molecular weight is 468 g/mol. The Morgan fingerprint density at radius 2 is 2.04 bits per heavy atom. The highest BCUT2D eigenvalue weighted by molar-refractivity contribution is 9.10. The van der Waals surface area contributed by atoms with Crippen LogP contribution < -0.4 is 10.2 Å². The van der Waals surface area contributed by atoms with Gasteiger partial charge in [0.1, 0.15) is 17.3 Å². The molecule has 0 aliphatic heterocycles. The molecule has 5 nitrogen and oxygen atoms in total. The fourth-order valence-corrected chi connectivity index (χ4v) is 3.09. The number of halogens is 3. The molecule has 0 saturated carbocycles. The smallest absolute Gasteiger partial charge is 0.275 e. The number of ether oxygens (including phenoxy) is 1. The largest absolute Gasteiger partial charge is 0.496 e. The molecule has 1 heterocycles. The molecule has 1 N–H and O–H groups in total. The van der Waals surface area contributed by atoms with E-state index in [-0.39, 0.29) is 0 Å². The van der Waals surface area contributed by atoms with Crippen molar-refractivity contribution >= 4 is 51.3 Å². The first-order valence-electron chi connectivity index (χ1n) is 7.70. The highest BCUT2D eigenvalue weighted by Gasteiger charge is 2.13. The third-order valence-corrected chi connectivity index (χ3v) is 4.92. The van der Waals surface area contributed by atoms with Gasteiger partial charge in [-0.25, -0.2) is 5.43 Å². The molecule has 3 rings (SSSR count). The Kier molecular flexibility index (Phi) is 6.21. The van der Waals surface area contributed by atoms with Crippen molar-refractivity contribution in [2.75, 3.05) is 7.11 Å². The fourth-order valence-electron chi connectivity index (χ4n) is 2.33. The summed E-state index contributed by atoms with van der Waals surface area (Å²) < 4.78 is 11.6. The summed E-state index contributed by atoms with van der Waals surface area (Å²) in [6.07, 6.45) is 1.39. The minimum Gasteiger partial charge on any atom is -0.496 e. The molecule has 1 aromatic heterocycles. The lowest BCUT2D eigenvalue weighted by Crippen LogP contribution is -2.18. The van der Waals surface area contributed by atoms with Crippen LogP contribution in [0, 0.1) is 0 Å². The lowest BCUT2D eigenvalue weighted by molar-refractivity contribution is 0.0952. The SMILES string of the molecule is COc1ccc(Br)cc1C(=O)N/N=C\c1ccc(-c2cccc(Cl)c2Cl)o1. The maximum absolute atomic E-state index is 12.3. The molecule has 0 saturated heterocycles. The molecule has 2 aromatic carbocycles. The summed E-state index contributed by atoms with van der Waals surface area (Å²) >= 11 is 15.5. The van der Waals surface area contributed by atoms with Crippen LogP contribution in [0.15, 0.2) is 62.5 Å². The summed E-state index contributed by atoms with van der Waals surface area (Å²) in [5, 5.41) is 4.77. The number of methoxy groups -OCH3 is 1. The van der Waals surface area contributed by atoms with E-state index in [0.717, 1.165) is 4.47 Å². The van der Waals surface area contributed by atoms with Gasteiger partial charge in [-0.15, -0.1) is 0 Å². The van der Waals surface area contributed by atoms with Crippen LogP contribution >= 0.6 is 39.1 Å². The van der Waals surface area contributed by atoms with Crippen LogP contribution in [0.3, 0.4) is 0 Å². The Hall–Kier alpha value is -2.28. The van der Waals surface area contributed by atoms with Crippen LogP contribution in [0.5, 0.6) is 5.75 Å². The Bertz CT molecular complexity index is 1020. The van der Waals surface area contributed by atoms with Crippen molar-refractivity contribution in [1.29, 1.82) is 0 Å². The molecule has 1 amide bonds. The van der Waals surface area contributed by atoms with E-state index in [9.17, 15) is 4.79 Å². The molecule has 0 aliphatic carbocycles. The Balaban J connectivity index is 1.73. The topological polar surface area (TPSA) is 63.8 Å². The van der Waals surface area contributed by atoms with Gasteiger partial charge in [-0.1, -0.05) is 45.2 Å². The number of nitrogens with zero attached hydrogens (tertiary/aromatic N) is 1. The number of hydrogen-bond acceptors (Lipinski definition) is 4. The van der Waals surface area contributed by atoms with E-state index < -0.39 is 5.91 Å². The van der Waals surface area contributed by atoms with Crippen molar-refractivity contribution in [3.8, 4) is 17.1 Å². The van der Waals surface area contributed by atoms with Gasteiger partial charge < -0.3 is 9.15 Å². The number of hydrogen-bond donors (Lipinski definition) is 1. The normalized spacial score (nSPS) is 11.0. The standard InChI is InChI=1S/C19H13BrCl2N2O3/c1-26-16-7-5-11(20)9-14(16)19(25)24-23-10-12-6-8-17(27-12)13-3-2-4-15(21)18(13)22/h2-10H,1H3,(H,24,25)/b23-10-. The number of rotatable bonds is 5. The van der Waals surface area contributed by atoms with Gasteiger partial charge in [-0.05, 0) is 42.5 Å². The summed E-state index contributed by atoms with van der Waals surface area (Å²) in [5.74, 6) is 1.03. The van der Waals surface area contributed by atoms with Crippen molar-refractivity contribution in [2.24, 2.45) is 5.10 Å². The Morgan fingerprint density at radius 3 is 2.81 bits per heavy atom. The predicted octanol–water partition coefficient (Wildman–Crippen LogP) is 5.79. The van der Waals surface area contributed by atoms with E-state index in [2.05, 4.69) is 26.5 Å². The van der Waals surface area contributed by atoms with Crippen molar-refractivity contribution in [1.82, 2.24) is 5.43 Å². The van der Waals surface area contributed by atoms with Crippen molar-refractivity contribution in [3.63, 3.8) is 0 Å². The van der Waals surface area contributed by atoms with Crippen LogP contribution in [0.1, 0.15) is 16.1 Å². The van der Waals surface area contributed by atoms with Crippen molar-refractivity contribution < 1.29 is 13.9 Å². The second-order valence-corrected chi connectivity index (χ2v) is 7.05. The van der Waals surface area contributed by atoms with Crippen LogP contribution in [0.25, 0.3) is 11.3 Å². The van der Waals surface area contributed by atoms with Crippen LogP contribution in [0.2, 0.25) is 10.0 Å². The third-order valence-electron chi connectivity index (χ3n) is 3.61. The maximum Gasteiger partial charge on any atom is 0.275 e. The molecule has 8 heteroatoms. The lowest BCUT2D eigenvalue weighted by atomic mass is 10.2. The fraction of sp³-hybridized carbons (Fsp3) is 0.0526. The van der Waals surface area contributed by atoms with E-state index in [4.69, 9.17) is 32.4 Å². The van der Waals surface area contributed by atoms with E-state index in [0.29, 0.717) is 38.4 Å². The molecule has 0 radical (unpaired) electrons. The quantitative estimate of drug-likeness (QED) is 0.381. The van der Waals surface area contributed by atoms with E-state index in [1.807, 2.05) is 0 Å². The first-order valence-corrected chi connectivity index (χ1v) is 9.25. The highest BCUT2D eigenvalue weighted by atomic mass is 79.9. The zero-order chi connectivity index (χ0) is 19.4. The predicted molar refractivity (Wildman–Crippen MR) is 110 cm³/mol. The van der Waals surface area contributed by atoms with Gasteiger partial charge in [-0.3, -0.25) is 4.79 Å². The molecule has 0 atom stereocenters. The molecular formula is C19H13BrCl2N2O3. The number of carbonyl (C=O) groups is 1. The first-order chi connectivity index (χ1) is 13.0. The number of benzene rings is 2. The van der Waals surface area contributed by atoms with Gasteiger partial charge >= 0.3 is 0 Å². The van der Waals surface area contributed by atoms with Gasteiger partial charge in [0.25, 0.3) is 5.91 Å². The zero-order valence-electron chi connectivity index (χ0n) is 14.0. The molecule has 0 spiro atoms. The summed E-state index contributed by atoms with van der Waals surface area (Å²) in [6, 6.07) is 13.9. The molecule has 0 fully saturated rings. The molecule has 0 bridgehead atoms. The molecule has 0 unspecified atom stereocenters.